The summed E-state index contributed by atoms with van der Waals surface area (Å²) >= 11 is 1.44. The fourth-order valence-electron chi connectivity index (χ4n) is 1.57. The van der Waals surface area contributed by atoms with Gasteiger partial charge in [-0.2, -0.15) is 0 Å². The van der Waals surface area contributed by atoms with Crippen LogP contribution in [0.15, 0.2) is 36.5 Å². The first-order valence-electron chi connectivity index (χ1n) is 5.68. The average Bonchev–Trinajstić information content (AvgIpc) is 2.76. The predicted molar refractivity (Wildman–Crippen MR) is 73.6 cm³/mol. The van der Waals surface area contributed by atoms with Gasteiger partial charge in [-0.05, 0) is 18.9 Å². The van der Waals surface area contributed by atoms with Gasteiger partial charge < -0.3 is 11.1 Å². The highest BCUT2D eigenvalue weighted by Gasteiger charge is 2.15. The number of rotatable bonds is 4. The van der Waals surface area contributed by atoms with E-state index in [9.17, 15) is 4.79 Å². The highest BCUT2D eigenvalue weighted by atomic mass is 32.1. The molecule has 0 aliphatic carbocycles. The van der Waals surface area contributed by atoms with E-state index < -0.39 is 6.04 Å². The molecular formula is C13H15N3OS. The molecule has 94 valence electrons. The Morgan fingerprint density at radius 2 is 2.17 bits per heavy atom. The maximum absolute atomic E-state index is 11.9. The van der Waals surface area contributed by atoms with Crippen molar-refractivity contribution in [1.82, 2.24) is 4.98 Å². The number of anilines is 1. The molecule has 1 aromatic carbocycles. The topological polar surface area (TPSA) is 68.0 Å². The zero-order valence-electron chi connectivity index (χ0n) is 10.1. The maximum Gasteiger partial charge on any atom is 0.243 e. The standard InChI is InChI=1S/C13H15N3OS/c1-9-8-15-13(18-9)16-12(17)11(14)7-10-5-3-2-4-6-10/h2-6,8,11H,7,14H2,1H3,(H,15,16,17)/t11-/m1/s1. The van der Waals surface area contributed by atoms with Crippen molar-refractivity contribution in [2.24, 2.45) is 5.73 Å². The summed E-state index contributed by atoms with van der Waals surface area (Å²) in [6.45, 7) is 1.94. The number of thiazole rings is 1. The molecule has 4 nitrogen and oxygen atoms in total. The maximum atomic E-state index is 11.9. The number of aryl methyl sites for hydroxylation is 1. The second-order valence-electron chi connectivity index (χ2n) is 4.06. The third-order valence-electron chi connectivity index (χ3n) is 2.49. The van der Waals surface area contributed by atoms with Gasteiger partial charge in [-0.1, -0.05) is 30.3 Å². The van der Waals surface area contributed by atoms with Crippen LogP contribution in [-0.4, -0.2) is 16.9 Å². The number of nitrogens with two attached hydrogens (primary N) is 1. The van der Waals surface area contributed by atoms with Crippen LogP contribution in [0, 0.1) is 6.92 Å². The summed E-state index contributed by atoms with van der Waals surface area (Å²) in [5.74, 6) is -0.201. The van der Waals surface area contributed by atoms with Crippen LogP contribution in [0.25, 0.3) is 0 Å². The van der Waals surface area contributed by atoms with Crippen molar-refractivity contribution in [2.45, 2.75) is 19.4 Å². The quantitative estimate of drug-likeness (QED) is 0.884. The first-order valence-corrected chi connectivity index (χ1v) is 6.49. The van der Waals surface area contributed by atoms with Crippen molar-refractivity contribution in [3.63, 3.8) is 0 Å². The lowest BCUT2D eigenvalue weighted by atomic mass is 10.1. The molecule has 0 radical (unpaired) electrons. The van der Waals surface area contributed by atoms with Crippen LogP contribution in [0.1, 0.15) is 10.4 Å². The van der Waals surface area contributed by atoms with Crippen molar-refractivity contribution in [1.29, 1.82) is 0 Å². The molecule has 2 aromatic rings. The fraction of sp³-hybridized carbons (Fsp3) is 0.231. The monoisotopic (exact) mass is 261 g/mol. The van der Waals surface area contributed by atoms with Crippen molar-refractivity contribution in [3.05, 3.63) is 47.0 Å². The van der Waals surface area contributed by atoms with Crippen molar-refractivity contribution < 1.29 is 4.79 Å². The number of amides is 1. The van der Waals surface area contributed by atoms with Gasteiger partial charge in [0.1, 0.15) is 0 Å². The van der Waals surface area contributed by atoms with E-state index in [1.807, 2.05) is 37.3 Å². The largest absolute Gasteiger partial charge is 0.320 e. The molecule has 0 spiro atoms. The normalized spacial score (nSPS) is 12.1. The van der Waals surface area contributed by atoms with E-state index in [4.69, 9.17) is 5.73 Å². The fourth-order valence-corrected chi connectivity index (χ4v) is 2.24. The molecule has 0 unspecified atom stereocenters. The summed E-state index contributed by atoms with van der Waals surface area (Å²) in [4.78, 5) is 17.0. The highest BCUT2D eigenvalue weighted by Crippen LogP contribution is 2.16. The van der Waals surface area contributed by atoms with Gasteiger partial charge in [0, 0.05) is 11.1 Å². The third kappa shape index (κ3) is 3.38. The summed E-state index contributed by atoms with van der Waals surface area (Å²) in [6.07, 6.45) is 2.25. The van der Waals surface area contributed by atoms with Crippen LogP contribution in [0.4, 0.5) is 5.13 Å². The summed E-state index contributed by atoms with van der Waals surface area (Å²) in [5, 5.41) is 3.32. The van der Waals surface area contributed by atoms with E-state index in [-0.39, 0.29) is 5.91 Å². The molecule has 1 amide bonds. The van der Waals surface area contributed by atoms with E-state index in [0.717, 1.165) is 10.4 Å². The van der Waals surface area contributed by atoms with Gasteiger partial charge in [0.25, 0.3) is 0 Å². The minimum Gasteiger partial charge on any atom is -0.320 e. The molecule has 0 bridgehead atoms. The SMILES string of the molecule is Cc1cnc(NC(=O)[C@H](N)Cc2ccccc2)s1. The molecule has 0 fully saturated rings. The van der Waals surface area contributed by atoms with E-state index >= 15 is 0 Å². The summed E-state index contributed by atoms with van der Waals surface area (Å²) < 4.78 is 0. The summed E-state index contributed by atoms with van der Waals surface area (Å²) in [7, 11) is 0. The zero-order valence-corrected chi connectivity index (χ0v) is 10.9. The number of hydrogen-bond donors (Lipinski definition) is 2. The number of hydrogen-bond acceptors (Lipinski definition) is 4. The average molecular weight is 261 g/mol. The molecule has 5 heteroatoms. The predicted octanol–water partition coefficient (Wildman–Crippen LogP) is 1.96. The second kappa shape index (κ2) is 5.75. The Morgan fingerprint density at radius 3 is 2.78 bits per heavy atom. The first kappa shape index (κ1) is 12.7. The number of aromatic nitrogens is 1. The Labute approximate surface area is 110 Å². The molecule has 1 aromatic heterocycles. The molecule has 0 aliphatic heterocycles. The van der Waals surface area contributed by atoms with Gasteiger partial charge in [0.05, 0.1) is 6.04 Å². The first-order chi connectivity index (χ1) is 8.65. The summed E-state index contributed by atoms with van der Waals surface area (Å²) in [5.41, 5.74) is 6.92. The molecule has 1 atom stereocenters. The van der Waals surface area contributed by atoms with E-state index in [0.29, 0.717) is 11.6 Å². The zero-order chi connectivity index (χ0) is 13.0. The van der Waals surface area contributed by atoms with Crippen LogP contribution in [0.3, 0.4) is 0 Å². The highest BCUT2D eigenvalue weighted by molar-refractivity contribution is 7.15. The van der Waals surface area contributed by atoms with Crippen molar-refractivity contribution in [2.75, 3.05) is 5.32 Å². The van der Waals surface area contributed by atoms with Crippen molar-refractivity contribution in [3.8, 4) is 0 Å². The van der Waals surface area contributed by atoms with Crippen LogP contribution in [0.5, 0.6) is 0 Å². The molecule has 18 heavy (non-hydrogen) atoms. The second-order valence-corrected chi connectivity index (χ2v) is 5.30. The minimum atomic E-state index is -0.559. The molecule has 3 N–H and O–H groups in total. The minimum absolute atomic E-state index is 0.201. The number of nitrogens with one attached hydrogen (secondary N) is 1. The molecule has 1 heterocycles. The smallest absolute Gasteiger partial charge is 0.243 e. The molecule has 0 saturated carbocycles. The Balaban J connectivity index is 1.93. The lowest BCUT2D eigenvalue weighted by Crippen LogP contribution is -2.37. The molecular weight excluding hydrogens is 246 g/mol. The van der Waals surface area contributed by atoms with E-state index in [2.05, 4.69) is 10.3 Å². The number of benzene rings is 1. The van der Waals surface area contributed by atoms with Gasteiger partial charge in [-0.15, -0.1) is 11.3 Å². The molecule has 0 aliphatic rings. The van der Waals surface area contributed by atoms with Crippen LogP contribution in [-0.2, 0) is 11.2 Å². The van der Waals surface area contributed by atoms with E-state index in [1.165, 1.54) is 11.3 Å². The Hall–Kier alpha value is -1.72. The Bertz CT molecular complexity index is 524. The number of nitrogens with zero attached hydrogens (tertiary/aromatic N) is 1. The van der Waals surface area contributed by atoms with Crippen LogP contribution >= 0.6 is 11.3 Å². The van der Waals surface area contributed by atoms with Gasteiger partial charge >= 0.3 is 0 Å². The summed E-state index contributed by atoms with van der Waals surface area (Å²) in [6, 6.07) is 9.17. The van der Waals surface area contributed by atoms with Gasteiger partial charge in [0.2, 0.25) is 5.91 Å². The van der Waals surface area contributed by atoms with Gasteiger partial charge in [0.15, 0.2) is 5.13 Å². The van der Waals surface area contributed by atoms with Gasteiger partial charge in [-0.3, -0.25) is 4.79 Å². The van der Waals surface area contributed by atoms with Crippen LogP contribution in [0.2, 0.25) is 0 Å². The molecule has 0 saturated heterocycles. The Kier molecular flexibility index (Phi) is 4.07. The van der Waals surface area contributed by atoms with E-state index in [1.54, 1.807) is 6.20 Å². The number of carbonyl (C=O) groups excluding carboxylic acids is 1. The lowest BCUT2D eigenvalue weighted by Gasteiger charge is -2.10. The molecule has 2 rings (SSSR count). The van der Waals surface area contributed by atoms with Gasteiger partial charge in [-0.25, -0.2) is 4.98 Å². The van der Waals surface area contributed by atoms with Crippen molar-refractivity contribution >= 4 is 22.4 Å². The van der Waals surface area contributed by atoms with Crippen LogP contribution < -0.4 is 11.1 Å². The third-order valence-corrected chi connectivity index (χ3v) is 3.31. The lowest BCUT2D eigenvalue weighted by molar-refractivity contribution is -0.117. The Morgan fingerprint density at radius 1 is 1.44 bits per heavy atom. The number of carbonyl (C=O) groups is 1.